The van der Waals surface area contributed by atoms with Crippen LogP contribution in [0.2, 0.25) is 5.02 Å². The van der Waals surface area contributed by atoms with Gasteiger partial charge in [0.1, 0.15) is 0 Å². The number of likely N-dealkylation sites (N-methyl/N-ethyl adjacent to an activating group) is 1. The maximum atomic E-state index is 11.2. The van der Waals surface area contributed by atoms with Crippen LogP contribution in [0.25, 0.3) is 0 Å². The van der Waals surface area contributed by atoms with Crippen molar-refractivity contribution < 1.29 is 4.79 Å². The van der Waals surface area contributed by atoms with Crippen molar-refractivity contribution in [2.45, 2.75) is 6.42 Å². The molecule has 0 aliphatic rings. The van der Waals surface area contributed by atoms with Gasteiger partial charge in [-0.2, -0.15) is 0 Å². The maximum absolute atomic E-state index is 11.2. The minimum Gasteiger partial charge on any atom is -0.284 e. The Hall–Kier alpha value is -1.06. The highest BCUT2D eigenvalue weighted by Gasteiger charge is 2.05. The molecule has 1 aromatic rings. The summed E-state index contributed by atoms with van der Waals surface area (Å²) in [5.41, 5.74) is 0.909. The highest BCUT2D eigenvalue weighted by molar-refractivity contribution is 6.30. The van der Waals surface area contributed by atoms with Gasteiger partial charge in [0, 0.05) is 12.1 Å². The SMILES string of the molecule is CN(N)C(=O)Cc1ccc(Cl)cc1. The number of hydrazine groups is 1. The zero-order chi connectivity index (χ0) is 9.84. The van der Waals surface area contributed by atoms with Gasteiger partial charge in [0.05, 0.1) is 6.42 Å². The summed E-state index contributed by atoms with van der Waals surface area (Å²) < 4.78 is 0. The quantitative estimate of drug-likeness (QED) is 0.441. The molecule has 0 aliphatic carbocycles. The van der Waals surface area contributed by atoms with Gasteiger partial charge in [0.2, 0.25) is 5.91 Å². The predicted molar refractivity (Wildman–Crippen MR) is 52.1 cm³/mol. The molecule has 0 aliphatic heterocycles. The fourth-order valence-corrected chi connectivity index (χ4v) is 1.03. The van der Waals surface area contributed by atoms with Crippen LogP contribution < -0.4 is 5.84 Å². The van der Waals surface area contributed by atoms with Gasteiger partial charge in [0.15, 0.2) is 0 Å². The molecule has 0 unspecified atom stereocenters. The second-order valence-corrected chi connectivity index (χ2v) is 3.24. The summed E-state index contributed by atoms with van der Waals surface area (Å²) in [5.74, 6) is 5.15. The van der Waals surface area contributed by atoms with Gasteiger partial charge < -0.3 is 0 Å². The normalized spacial score (nSPS) is 9.77. The molecule has 13 heavy (non-hydrogen) atoms. The monoisotopic (exact) mass is 198 g/mol. The number of rotatable bonds is 2. The van der Waals surface area contributed by atoms with E-state index in [2.05, 4.69) is 0 Å². The van der Waals surface area contributed by atoms with Crippen LogP contribution in [0, 0.1) is 0 Å². The van der Waals surface area contributed by atoms with Gasteiger partial charge in [-0.05, 0) is 17.7 Å². The predicted octanol–water partition coefficient (Wildman–Crippen LogP) is 1.21. The van der Waals surface area contributed by atoms with Crippen LogP contribution in [0.1, 0.15) is 5.56 Å². The second kappa shape index (κ2) is 4.25. The molecule has 0 saturated carbocycles. The number of nitrogens with two attached hydrogens (primary N) is 1. The molecule has 3 nitrogen and oxygen atoms in total. The lowest BCUT2D eigenvalue weighted by molar-refractivity contribution is -0.129. The number of nitrogens with zero attached hydrogens (tertiary/aromatic N) is 1. The van der Waals surface area contributed by atoms with E-state index in [-0.39, 0.29) is 5.91 Å². The fraction of sp³-hybridized carbons (Fsp3) is 0.222. The molecule has 0 heterocycles. The molecular weight excluding hydrogens is 188 g/mol. The summed E-state index contributed by atoms with van der Waals surface area (Å²) in [6.45, 7) is 0. The number of benzene rings is 1. The summed E-state index contributed by atoms with van der Waals surface area (Å²) in [5, 5.41) is 1.74. The van der Waals surface area contributed by atoms with Crippen LogP contribution in [0.3, 0.4) is 0 Å². The van der Waals surface area contributed by atoms with E-state index in [1.54, 1.807) is 12.1 Å². The molecule has 0 atom stereocenters. The minimum absolute atomic E-state index is 0.123. The lowest BCUT2D eigenvalue weighted by Crippen LogP contribution is -2.34. The number of hydrogen-bond acceptors (Lipinski definition) is 2. The van der Waals surface area contributed by atoms with Gasteiger partial charge in [-0.25, -0.2) is 5.84 Å². The average Bonchev–Trinajstić information content (AvgIpc) is 2.08. The van der Waals surface area contributed by atoms with Crippen LogP contribution >= 0.6 is 11.6 Å². The Kier molecular flexibility index (Phi) is 3.28. The minimum atomic E-state index is -0.123. The molecule has 0 radical (unpaired) electrons. The Morgan fingerprint density at radius 1 is 1.46 bits per heavy atom. The van der Waals surface area contributed by atoms with Crippen LogP contribution in [0.4, 0.5) is 0 Å². The van der Waals surface area contributed by atoms with Crippen molar-refractivity contribution in [3.05, 3.63) is 34.9 Å². The molecule has 1 amide bonds. The van der Waals surface area contributed by atoms with Crippen molar-refractivity contribution in [3.8, 4) is 0 Å². The van der Waals surface area contributed by atoms with Crippen molar-refractivity contribution in [1.29, 1.82) is 0 Å². The average molecular weight is 199 g/mol. The third kappa shape index (κ3) is 3.05. The van der Waals surface area contributed by atoms with E-state index in [0.29, 0.717) is 11.4 Å². The highest BCUT2D eigenvalue weighted by Crippen LogP contribution is 2.10. The Balaban J connectivity index is 2.65. The van der Waals surface area contributed by atoms with Crippen LogP contribution in [-0.2, 0) is 11.2 Å². The molecule has 0 spiro atoms. The van der Waals surface area contributed by atoms with Gasteiger partial charge in [-0.15, -0.1) is 0 Å². The van der Waals surface area contributed by atoms with E-state index in [4.69, 9.17) is 17.4 Å². The van der Waals surface area contributed by atoms with Gasteiger partial charge in [-0.3, -0.25) is 9.80 Å². The maximum Gasteiger partial charge on any atom is 0.240 e. The molecule has 0 saturated heterocycles. The number of hydrogen-bond donors (Lipinski definition) is 1. The Morgan fingerprint density at radius 3 is 2.46 bits per heavy atom. The first kappa shape index (κ1) is 10.0. The van der Waals surface area contributed by atoms with Gasteiger partial charge >= 0.3 is 0 Å². The number of carbonyl (C=O) groups is 1. The van der Waals surface area contributed by atoms with Crippen LogP contribution in [0.15, 0.2) is 24.3 Å². The summed E-state index contributed by atoms with van der Waals surface area (Å²) >= 11 is 5.69. The lowest BCUT2D eigenvalue weighted by atomic mass is 10.1. The molecule has 1 rings (SSSR count). The highest BCUT2D eigenvalue weighted by atomic mass is 35.5. The van der Waals surface area contributed by atoms with Crippen LogP contribution in [0.5, 0.6) is 0 Å². The molecule has 0 bridgehead atoms. The number of amides is 1. The van der Waals surface area contributed by atoms with Crippen molar-refractivity contribution in [2.24, 2.45) is 5.84 Å². The molecule has 70 valence electrons. The lowest BCUT2D eigenvalue weighted by Gasteiger charge is -2.09. The zero-order valence-corrected chi connectivity index (χ0v) is 8.08. The first-order valence-corrected chi connectivity index (χ1v) is 4.23. The third-order valence-corrected chi connectivity index (χ3v) is 1.91. The van der Waals surface area contributed by atoms with E-state index in [0.717, 1.165) is 10.6 Å². The van der Waals surface area contributed by atoms with Crippen molar-refractivity contribution >= 4 is 17.5 Å². The summed E-state index contributed by atoms with van der Waals surface area (Å²) in [7, 11) is 1.53. The molecule has 0 aromatic heterocycles. The van der Waals surface area contributed by atoms with E-state index >= 15 is 0 Å². The molecule has 2 N–H and O–H groups in total. The largest absolute Gasteiger partial charge is 0.284 e. The zero-order valence-electron chi connectivity index (χ0n) is 7.33. The second-order valence-electron chi connectivity index (χ2n) is 2.81. The Bertz CT molecular complexity index is 295. The summed E-state index contributed by atoms with van der Waals surface area (Å²) in [6.07, 6.45) is 0.310. The fourth-order valence-electron chi connectivity index (χ4n) is 0.902. The summed E-state index contributed by atoms with van der Waals surface area (Å²) in [4.78, 5) is 11.2. The van der Waals surface area contributed by atoms with Crippen molar-refractivity contribution in [3.63, 3.8) is 0 Å². The topological polar surface area (TPSA) is 46.3 Å². The standard InChI is InChI=1S/C9H11ClN2O/c1-12(11)9(13)6-7-2-4-8(10)5-3-7/h2-5H,6,11H2,1H3. The third-order valence-electron chi connectivity index (χ3n) is 1.66. The first-order chi connectivity index (χ1) is 6.09. The Labute approximate surface area is 82.1 Å². The number of carbonyl (C=O) groups excluding carboxylic acids is 1. The van der Waals surface area contributed by atoms with Gasteiger partial charge in [0.25, 0.3) is 0 Å². The van der Waals surface area contributed by atoms with E-state index in [9.17, 15) is 4.79 Å². The van der Waals surface area contributed by atoms with Crippen molar-refractivity contribution in [2.75, 3.05) is 7.05 Å². The number of halogens is 1. The molecule has 1 aromatic carbocycles. The van der Waals surface area contributed by atoms with E-state index in [1.807, 2.05) is 12.1 Å². The molecule has 4 heteroatoms. The van der Waals surface area contributed by atoms with Crippen molar-refractivity contribution in [1.82, 2.24) is 5.01 Å². The Morgan fingerprint density at radius 2 is 2.00 bits per heavy atom. The molecular formula is C9H11ClN2O. The first-order valence-electron chi connectivity index (χ1n) is 3.85. The molecule has 0 fully saturated rings. The smallest absolute Gasteiger partial charge is 0.240 e. The van der Waals surface area contributed by atoms with E-state index in [1.165, 1.54) is 7.05 Å². The van der Waals surface area contributed by atoms with E-state index < -0.39 is 0 Å². The van der Waals surface area contributed by atoms with Crippen LogP contribution in [-0.4, -0.2) is 18.0 Å². The van der Waals surface area contributed by atoms with Gasteiger partial charge in [-0.1, -0.05) is 23.7 Å². The summed E-state index contributed by atoms with van der Waals surface area (Å²) in [6, 6.07) is 7.12.